The van der Waals surface area contributed by atoms with Crippen LogP contribution in [0.15, 0.2) is 42.5 Å². The van der Waals surface area contributed by atoms with Gasteiger partial charge in [-0.25, -0.2) is 0 Å². The van der Waals surface area contributed by atoms with Crippen LogP contribution in [0.25, 0.3) is 0 Å². The molecule has 102 valence electrons. The zero-order valence-electron chi connectivity index (χ0n) is 10.3. The molecule has 2 aromatic carbocycles. The molecule has 2 aromatic rings. The summed E-state index contributed by atoms with van der Waals surface area (Å²) in [5.41, 5.74) is 0.248. The maximum Gasteiger partial charge on any atom is 0.314 e. The van der Waals surface area contributed by atoms with Crippen molar-refractivity contribution in [2.75, 3.05) is 0 Å². The third kappa shape index (κ3) is 2.44. The van der Waals surface area contributed by atoms with Gasteiger partial charge in [-0.2, -0.15) is 0 Å². The Labute approximate surface area is 114 Å². The van der Waals surface area contributed by atoms with Gasteiger partial charge in [-0.15, -0.1) is 0 Å². The van der Waals surface area contributed by atoms with E-state index in [4.69, 9.17) is 0 Å². The van der Waals surface area contributed by atoms with E-state index in [0.29, 0.717) is 11.8 Å². The number of nitro benzene ring substituents is 1. The number of phenols is 2. The van der Waals surface area contributed by atoms with Gasteiger partial charge in [0.05, 0.1) is 10.8 Å². The van der Waals surface area contributed by atoms with Crippen molar-refractivity contribution in [3.05, 3.63) is 63.7 Å². The van der Waals surface area contributed by atoms with Gasteiger partial charge >= 0.3 is 5.69 Å². The Kier molecular flexibility index (Phi) is 3.65. The van der Waals surface area contributed by atoms with E-state index in [2.05, 4.69) is 0 Å². The van der Waals surface area contributed by atoms with Crippen LogP contribution in [0.4, 0.5) is 5.69 Å². The SMILES string of the molecule is O=CC(c1ccccc1)c1cc(O)c(O)c([N+](=O)[O-])c1. The number of nitro groups is 1. The molecule has 0 aromatic heterocycles. The molecule has 0 saturated carbocycles. The summed E-state index contributed by atoms with van der Waals surface area (Å²) < 4.78 is 0. The Bertz CT molecular complexity index is 654. The fraction of sp³-hybridized carbons (Fsp3) is 0.0714. The normalized spacial score (nSPS) is 11.8. The summed E-state index contributed by atoms with van der Waals surface area (Å²) in [6.07, 6.45) is 0.630. The highest BCUT2D eigenvalue weighted by Crippen LogP contribution is 2.39. The first-order valence-electron chi connectivity index (χ1n) is 5.75. The number of carbonyl (C=O) groups excluding carboxylic acids is 1. The van der Waals surface area contributed by atoms with Crippen LogP contribution in [0.3, 0.4) is 0 Å². The molecule has 0 spiro atoms. The average molecular weight is 273 g/mol. The monoisotopic (exact) mass is 273 g/mol. The van der Waals surface area contributed by atoms with Crippen molar-refractivity contribution in [3.8, 4) is 11.5 Å². The van der Waals surface area contributed by atoms with Crippen LogP contribution in [0.5, 0.6) is 11.5 Å². The van der Waals surface area contributed by atoms with Gasteiger partial charge in [0, 0.05) is 6.07 Å². The first-order chi connectivity index (χ1) is 9.54. The number of carbonyl (C=O) groups is 1. The molecule has 0 saturated heterocycles. The highest BCUT2D eigenvalue weighted by molar-refractivity contribution is 5.71. The van der Waals surface area contributed by atoms with Crippen molar-refractivity contribution in [1.29, 1.82) is 0 Å². The molecule has 0 fully saturated rings. The maximum atomic E-state index is 11.3. The highest BCUT2D eigenvalue weighted by Gasteiger charge is 2.23. The molecule has 0 aliphatic carbocycles. The van der Waals surface area contributed by atoms with E-state index < -0.39 is 28.0 Å². The quantitative estimate of drug-likeness (QED) is 0.385. The van der Waals surface area contributed by atoms with Gasteiger partial charge in [0.1, 0.15) is 6.29 Å². The van der Waals surface area contributed by atoms with E-state index in [1.807, 2.05) is 0 Å². The van der Waals surface area contributed by atoms with Crippen LogP contribution >= 0.6 is 0 Å². The number of aldehydes is 1. The lowest BCUT2D eigenvalue weighted by molar-refractivity contribution is -0.386. The zero-order valence-corrected chi connectivity index (χ0v) is 10.3. The molecule has 2 N–H and O–H groups in total. The number of aromatic hydroxyl groups is 2. The van der Waals surface area contributed by atoms with Crippen molar-refractivity contribution in [3.63, 3.8) is 0 Å². The van der Waals surface area contributed by atoms with Crippen molar-refractivity contribution in [2.24, 2.45) is 0 Å². The Hall–Kier alpha value is -2.89. The van der Waals surface area contributed by atoms with Crippen LogP contribution in [-0.4, -0.2) is 21.4 Å². The van der Waals surface area contributed by atoms with Gasteiger partial charge in [-0.3, -0.25) is 10.1 Å². The minimum absolute atomic E-state index is 0.244. The van der Waals surface area contributed by atoms with Crippen molar-refractivity contribution < 1.29 is 19.9 Å². The summed E-state index contributed by atoms with van der Waals surface area (Å²) in [4.78, 5) is 21.3. The van der Waals surface area contributed by atoms with Crippen LogP contribution in [0.2, 0.25) is 0 Å². The molecule has 0 heterocycles. The fourth-order valence-electron chi connectivity index (χ4n) is 1.95. The molecule has 20 heavy (non-hydrogen) atoms. The fourth-order valence-corrected chi connectivity index (χ4v) is 1.95. The molecular formula is C14H11NO5. The summed E-state index contributed by atoms with van der Waals surface area (Å²) in [6.45, 7) is 0. The number of hydrogen-bond acceptors (Lipinski definition) is 5. The molecule has 2 rings (SSSR count). The molecule has 0 radical (unpaired) electrons. The second-order valence-electron chi connectivity index (χ2n) is 4.19. The van der Waals surface area contributed by atoms with Crippen molar-refractivity contribution in [1.82, 2.24) is 0 Å². The Morgan fingerprint density at radius 3 is 2.30 bits per heavy atom. The second-order valence-corrected chi connectivity index (χ2v) is 4.19. The second kappa shape index (κ2) is 5.40. The van der Waals surface area contributed by atoms with Gasteiger partial charge in [0.15, 0.2) is 5.75 Å². The smallest absolute Gasteiger partial charge is 0.314 e. The topological polar surface area (TPSA) is 101 Å². The van der Waals surface area contributed by atoms with E-state index in [9.17, 15) is 25.1 Å². The Morgan fingerprint density at radius 1 is 1.10 bits per heavy atom. The number of phenolic OH excluding ortho intramolecular Hbond substituents is 2. The average Bonchev–Trinajstić information content (AvgIpc) is 2.44. The van der Waals surface area contributed by atoms with Crippen LogP contribution in [-0.2, 0) is 4.79 Å². The first kappa shape index (κ1) is 13.5. The van der Waals surface area contributed by atoms with E-state index in [-0.39, 0.29) is 5.56 Å². The van der Waals surface area contributed by atoms with E-state index in [1.165, 1.54) is 0 Å². The van der Waals surface area contributed by atoms with Crippen molar-refractivity contribution >= 4 is 12.0 Å². The molecule has 0 aliphatic rings. The number of nitrogens with zero attached hydrogens (tertiary/aromatic N) is 1. The number of rotatable bonds is 4. The Morgan fingerprint density at radius 2 is 1.75 bits per heavy atom. The number of benzene rings is 2. The third-order valence-corrected chi connectivity index (χ3v) is 2.94. The summed E-state index contributed by atoms with van der Waals surface area (Å²) in [5, 5.41) is 29.8. The van der Waals surface area contributed by atoms with Gasteiger partial charge in [0.2, 0.25) is 5.75 Å². The summed E-state index contributed by atoms with van der Waals surface area (Å²) in [7, 11) is 0. The molecule has 0 bridgehead atoms. The summed E-state index contributed by atoms with van der Waals surface area (Å²) in [6, 6.07) is 10.9. The molecule has 6 nitrogen and oxygen atoms in total. The van der Waals surface area contributed by atoms with Gasteiger partial charge < -0.3 is 15.0 Å². The Balaban J connectivity index is 2.56. The van der Waals surface area contributed by atoms with Crippen LogP contribution in [0.1, 0.15) is 17.0 Å². The molecule has 1 unspecified atom stereocenters. The molecular weight excluding hydrogens is 262 g/mol. The van der Waals surface area contributed by atoms with Crippen molar-refractivity contribution in [2.45, 2.75) is 5.92 Å². The van der Waals surface area contributed by atoms with Gasteiger partial charge in [0.25, 0.3) is 0 Å². The van der Waals surface area contributed by atoms with Crippen LogP contribution < -0.4 is 0 Å². The lowest BCUT2D eigenvalue weighted by atomic mass is 9.92. The lowest BCUT2D eigenvalue weighted by Gasteiger charge is -2.12. The zero-order chi connectivity index (χ0) is 14.7. The first-order valence-corrected chi connectivity index (χ1v) is 5.75. The highest BCUT2D eigenvalue weighted by atomic mass is 16.6. The lowest BCUT2D eigenvalue weighted by Crippen LogP contribution is -2.03. The molecule has 6 heteroatoms. The standard InChI is InChI=1S/C14H11NO5/c16-8-11(9-4-2-1-3-5-9)10-6-12(15(19)20)14(18)13(17)7-10/h1-8,11,17-18H. The summed E-state index contributed by atoms with van der Waals surface area (Å²) >= 11 is 0. The van der Waals surface area contributed by atoms with E-state index >= 15 is 0 Å². The largest absolute Gasteiger partial charge is 0.504 e. The predicted molar refractivity (Wildman–Crippen MR) is 70.8 cm³/mol. The predicted octanol–water partition coefficient (Wildman–Crippen LogP) is 2.34. The van der Waals surface area contributed by atoms with E-state index in [0.717, 1.165) is 12.1 Å². The van der Waals surface area contributed by atoms with Gasteiger partial charge in [-0.05, 0) is 17.2 Å². The third-order valence-electron chi connectivity index (χ3n) is 2.94. The van der Waals surface area contributed by atoms with Crippen LogP contribution in [0, 0.1) is 10.1 Å². The summed E-state index contributed by atoms with van der Waals surface area (Å²) in [5.74, 6) is -2.19. The molecule has 0 amide bonds. The number of hydrogen-bond donors (Lipinski definition) is 2. The molecule has 1 atom stereocenters. The maximum absolute atomic E-state index is 11.3. The minimum Gasteiger partial charge on any atom is -0.504 e. The van der Waals surface area contributed by atoms with Gasteiger partial charge in [-0.1, -0.05) is 30.3 Å². The molecule has 0 aliphatic heterocycles. The minimum atomic E-state index is -0.814. The van der Waals surface area contributed by atoms with E-state index in [1.54, 1.807) is 30.3 Å².